The Labute approximate surface area is 118 Å². The molecule has 0 aliphatic heterocycles. The van der Waals surface area contributed by atoms with Gasteiger partial charge in [0.25, 0.3) is 0 Å². The summed E-state index contributed by atoms with van der Waals surface area (Å²) in [6.45, 7) is 0. The molecular formula is C15H20O3S. The Morgan fingerprint density at radius 2 is 1.79 bits per heavy atom. The summed E-state index contributed by atoms with van der Waals surface area (Å²) < 4.78 is 0. The Morgan fingerprint density at radius 3 is 2.16 bits per heavy atom. The first-order valence-corrected chi connectivity index (χ1v) is 7.72. The molecule has 0 saturated heterocycles. The normalized spacial score (nSPS) is 15.2. The van der Waals surface area contributed by atoms with Crippen molar-refractivity contribution in [3.8, 4) is 0 Å². The van der Waals surface area contributed by atoms with Crippen LogP contribution in [-0.4, -0.2) is 23.6 Å². The number of carboxylic acids is 1. The largest absolute Gasteiger partial charge is 0.481 e. The molecule has 1 fully saturated rings. The number of carbonyl (C=O) groups excluding carboxylic acids is 1. The maximum absolute atomic E-state index is 10.4. The summed E-state index contributed by atoms with van der Waals surface area (Å²) in [5, 5.41) is 8.54. The summed E-state index contributed by atoms with van der Waals surface area (Å²) in [6, 6.07) is 7.51. The van der Waals surface area contributed by atoms with E-state index in [1.165, 1.54) is 11.3 Å². The number of aliphatic carboxylic acids is 1. The predicted octanol–water partition coefficient (Wildman–Crippen LogP) is 3.87. The molecule has 1 saturated carbocycles. The summed E-state index contributed by atoms with van der Waals surface area (Å²) in [7, 11) is 0. The Hall–Kier alpha value is -1.29. The highest BCUT2D eigenvalue weighted by atomic mass is 32.2. The lowest BCUT2D eigenvalue weighted by atomic mass is 9.90. The minimum atomic E-state index is -0.602. The van der Waals surface area contributed by atoms with E-state index in [0.717, 1.165) is 37.5 Å². The molecule has 0 atom stereocenters. The Kier molecular flexibility index (Phi) is 7.26. The zero-order chi connectivity index (χ0) is 14.1. The number of benzene rings is 1. The van der Waals surface area contributed by atoms with E-state index in [4.69, 9.17) is 5.11 Å². The first kappa shape index (κ1) is 15.8. The maximum Gasteiger partial charge on any atom is 0.306 e. The van der Waals surface area contributed by atoms with Crippen LogP contribution < -0.4 is 0 Å². The van der Waals surface area contributed by atoms with Crippen LogP contribution in [0.25, 0.3) is 0 Å². The van der Waals surface area contributed by atoms with Gasteiger partial charge in [-0.15, -0.1) is 11.8 Å². The van der Waals surface area contributed by atoms with Crippen LogP contribution in [0, 0.1) is 5.92 Å². The van der Waals surface area contributed by atoms with Crippen LogP contribution in [-0.2, 0) is 4.79 Å². The summed E-state index contributed by atoms with van der Waals surface area (Å²) in [6.07, 6.45) is 8.10. The highest BCUT2D eigenvalue weighted by Crippen LogP contribution is 2.23. The van der Waals surface area contributed by atoms with E-state index in [2.05, 4.69) is 0 Å². The van der Waals surface area contributed by atoms with Crippen LogP contribution in [0.15, 0.2) is 29.2 Å². The third-order valence-corrected chi connectivity index (χ3v) is 3.95. The lowest BCUT2D eigenvalue weighted by Gasteiger charge is -2.16. The van der Waals surface area contributed by atoms with Crippen LogP contribution >= 0.6 is 11.8 Å². The van der Waals surface area contributed by atoms with E-state index in [-0.39, 0.29) is 5.92 Å². The van der Waals surface area contributed by atoms with Crippen molar-refractivity contribution in [2.45, 2.75) is 37.0 Å². The standard InChI is InChI=1S/C8H8OS.C7H12O2/c1-10-8-4-2-7(6-9)3-5-8;8-7(9)6-4-2-1-3-5-6/h2-6H,1H3;6H,1-5H2,(H,8,9). The molecule has 1 aliphatic carbocycles. The van der Waals surface area contributed by atoms with E-state index in [1.807, 2.05) is 30.5 Å². The number of carbonyl (C=O) groups is 2. The second-order valence-electron chi connectivity index (χ2n) is 4.56. The average molecular weight is 280 g/mol. The second-order valence-corrected chi connectivity index (χ2v) is 5.44. The number of rotatable bonds is 3. The van der Waals surface area contributed by atoms with Crippen molar-refractivity contribution < 1.29 is 14.7 Å². The third kappa shape index (κ3) is 5.92. The molecule has 1 aromatic rings. The SMILES string of the molecule is CSc1ccc(C=O)cc1.O=C(O)C1CCCCC1. The van der Waals surface area contributed by atoms with Crippen LogP contribution in [0.4, 0.5) is 0 Å². The number of hydrogen-bond acceptors (Lipinski definition) is 3. The highest BCUT2D eigenvalue weighted by Gasteiger charge is 2.19. The average Bonchev–Trinajstić information content (AvgIpc) is 2.49. The fourth-order valence-corrected chi connectivity index (χ4v) is 2.44. The molecule has 0 spiro atoms. The first-order valence-electron chi connectivity index (χ1n) is 6.49. The Bertz CT molecular complexity index is 394. The summed E-state index contributed by atoms with van der Waals surface area (Å²) in [5.74, 6) is -0.631. The number of thioether (sulfide) groups is 1. The van der Waals surface area contributed by atoms with Crippen molar-refractivity contribution >= 4 is 24.0 Å². The van der Waals surface area contributed by atoms with Gasteiger partial charge in [-0.1, -0.05) is 31.4 Å². The molecule has 1 aliphatic rings. The van der Waals surface area contributed by atoms with Gasteiger partial charge in [0.15, 0.2) is 0 Å². The zero-order valence-electron chi connectivity index (χ0n) is 11.2. The number of aldehydes is 1. The van der Waals surface area contributed by atoms with E-state index < -0.39 is 5.97 Å². The second kappa shape index (κ2) is 8.75. The molecule has 1 aromatic carbocycles. The summed E-state index contributed by atoms with van der Waals surface area (Å²) in [5.41, 5.74) is 0.734. The smallest absolute Gasteiger partial charge is 0.306 e. The van der Waals surface area contributed by atoms with Crippen LogP contribution in [0.3, 0.4) is 0 Å². The number of hydrogen-bond donors (Lipinski definition) is 1. The molecule has 0 heterocycles. The first-order chi connectivity index (χ1) is 9.17. The molecule has 0 radical (unpaired) electrons. The molecule has 0 amide bonds. The molecule has 0 aromatic heterocycles. The minimum Gasteiger partial charge on any atom is -0.481 e. The number of carboxylic acid groups (broad SMARTS) is 1. The van der Waals surface area contributed by atoms with E-state index in [0.29, 0.717) is 0 Å². The molecule has 1 N–H and O–H groups in total. The lowest BCUT2D eigenvalue weighted by molar-refractivity contribution is -0.142. The summed E-state index contributed by atoms with van der Waals surface area (Å²) in [4.78, 5) is 21.7. The van der Waals surface area contributed by atoms with Gasteiger partial charge in [0.1, 0.15) is 6.29 Å². The van der Waals surface area contributed by atoms with Crippen LogP contribution in [0.5, 0.6) is 0 Å². The van der Waals surface area contributed by atoms with Gasteiger partial charge in [-0.25, -0.2) is 0 Å². The Balaban J connectivity index is 0.000000191. The van der Waals surface area contributed by atoms with Gasteiger partial charge in [-0.05, 0) is 31.2 Å². The zero-order valence-corrected chi connectivity index (χ0v) is 12.0. The molecular weight excluding hydrogens is 260 g/mol. The molecule has 19 heavy (non-hydrogen) atoms. The van der Waals surface area contributed by atoms with Crippen molar-refractivity contribution in [2.24, 2.45) is 5.92 Å². The van der Waals surface area contributed by atoms with Crippen LogP contribution in [0.1, 0.15) is 42.5 Å². The maximum atomic E-state index is 10.4. The van der Waals surface area contributed by atoms with Gasteiger partial charge in [-0.3, -0.25) is 9.59 Å². The van der Waals surface area contributed by atoms with Crippen molar-refractivity contribution in [2.75, 3.05) is 6.26 Å². The molecule has 0 bridgehead atoms. The fraction of sp³-hybridized carbons (Fsp3) is 0.467. The van der Waals surface area contributed by atoms with Crippen molar-refractivity contribution in [1.29, 1.82) is 0 Å². The monoisotopic (exact) mass is 280 g/mol. The van der Waals surface area contributed by atoms with Crippen molar-refractivity contribution in [3.05, 3.63) is 29.8 Å². The Morgan fingerprint density at radius 1 is 1.21 bits per heavy atom. The quantitative estimate of drug-likeness (QED) is 0.674. The van der Waals surface area contributed by atoms with Gasteiger partial charge >= 0.3 is 5.97 Å². The van der Waals surface area contributed by atoms with E-state index in [1.54, 1.807) is 11.8 Å². The topological polar surface area (TPSA) is 54.4 Å². The van der Waals surface area contributed by atoms with Gasteiger partial charge < -0.3 is 5.11 Å². The molecule has 2 rings (SSSR count). The van der Waals surface area contributed by atoms with E-state index >= 15 is 0 Å². The molecule has 3 nitrogen and oxygen atoms in total. The lowest BCUT2D eigenvalue weighted by Crippen LogP contribution is -2.16. The van der Waals surface area contributed by atoms with E-state index in [9.17, 15) is 9.59 Å². The van der Waals surface area contributed by atoms with Crippen molar-refractivity contribution in [1.82, 2.24) is 0 Å². The van der Waals surface area contributed by atoms with Crippen LogP contribution in [0.2, 0.25) is 0 Å². The van der Waals surface area contributed by atoms with Gasteiger partial charge in [0.05, 0.1) is 5.92 Å². The molecule has 0 unspecified atom stereocenters. The highest BCUT2D eigenvalue weighted by molar-refractivity contribution is 7.98. The van der Waals surface area contributed by atoms with Gasteiger partial charge in [0, 0.05) is 10.5 Å². The van der Waals surface area contributed by atoms with Gasteiger partial charge in [0.2, 0.25) is 0 Å². The summed E-state index contributed by atoms with van der Waals surface area (Å²) >= 11 is 1.67. The van der Waals surface area contributed by atoms with Gasteiger partial charge in [-0.2, -0.15) is 0 Å². The minimum absolute atomic E-state index is 0.0289. The molecule has 104 valence electrons. The predicted molar refractivity (Wildman–Crippen MR) is 77.8 cm³/mol. The molecule has 4 heteroatoms. The fourth-order valence-electron chi connectivity index (χ4n) is 2.03. The van der Waals surface area contributed by atoms with Crippen molar-refractivity contribution in [3.63, 3.8) is 0 Å². The third-order valence-electron chi connectivity index (χ3n) is 3.21.